The van der Waals surface area contributed by atoms with E-state index in [1.165, 1.54) is 5.56 Å². The van der Waals surface area contributed by atoms with Crippen molar-refractivity contribution in [2.75, 3.05) is 26.2 Å². The molecule has 2 aromatic rings. The van der Waals surface area contributed by atoms with Crippen molar-refractivity contribution in [1.29, 1.82) is 0 Å². The fourth-order valence-corrected chi connectivity index (χ4v) is 4.94. The van der Waals surface area contributed by atoms with E-state index in [1.807, 2.05) is 24.3 Å². The molecule has 5 rings (SSSR count). The van der Waals surface area contributed by atoms with E-state index >= 15 is 0 Å². The summed E-state index contributed by atoms with van der Waals surface area (Å²) < 4.78 is 28.7. The topological polar surface area (TPSA) is 43.9 Å². The number of hydrogen-bond donors (Lipinski definition) is 0. The fourth-order valence-electron chi connectivity index (χ4n) is 4.94. The Morgan fingerprint density at radius 3 is 2.32 bits per heavy atom. The summed E-state index contributed by atoms with van der Waals surface area (Å²) in [6.45, 7) is 1.34. The van der Waals surface area contributed by atoms with Gasteiger partial charge in [0.2, 0.25) is 5.91 Å². The van der Waals surface area contributed by atoms with Crippen molar-refractivity contribution in [3.63, 3.8) is 0 Å². The molecule has 0 aliphatic carbocycles. The van der Waals surface area contributed by atoms with Gasteiger partial charge in [-0.1, -0.05) is 42.5 Å². The van der Waals surface area contributed by atoms with Gasteiger partial charge >= 0.3 is 0 Å². The molecule has 0 aromatic heterocycles. The number of carbonyl (C=O) groups is 2. The molecule has 3 aliphatic rings. The number of hydrogen-bond acceptors (Lipinski definition) is 3. The zero-order valence-electron chi connectivity index (χ0n) is 17.2. The van der Waals surface area contributed by atoms with Gasteiger partial charge in [-0.3, -0.25) is 14.5 Å². The van der Waals surface area contributed by atoms with Crippen LogP contribution in [0.4, 0.5) is 8.78 Å². The van der Waals surface area contributed by atoms with Gasteiger partial charge in [0.05, 0.1) is 12.6 Å². The number of nitrogens with zero attached hydrogens (tertiary/aromatic N) is 3. The highest BCUT2D eigenvalue weighted by Gasteiger charge is 2.53. The van der Waals surface area contributed by atoms with E-state index in [-0.39, 0.29) is 17.9 Å². The second-order valence-electron chi connectivity index (χ2n) is 8.76. The molecule has 0 spiro atoms. The molecule has 2 fully saturated rings. The third-order valence-corrected chi connectivity index (χ3v) is 6.67. The first-order valence-electron chi connectivity index (χ1n) is 10.7. The Morgan fingerprint density at radius 1 is 0.903 bits per heavy atom. The fraction of sp³-hybridized carbons (Fsp3) is 0.417. The molecule has 2 saturated heterocycles. The van der Waals surface area contributed by atoms with Gasteiger partial charge in [0.15, 0.2) is 0 Å². The van der Waals surface area contributed by atoms with Crippen molar-refractivity contribution < 1.29 is 18.4 Å². The number of carbonyl (C=O) groups excluding carboxylic acids is 2. The lowest BCUT2D eigenvalue weighted by Crippen LogP contribution is -2.64. The average Bonchev–Trinajstić information content (AvgIpc) is 3.07. The van der Waals surface area contributed by atoms with Gasteiger partial charge in [0, 0.05) is 44.2 Å². The smallest absolute Gasteiger partial charge is 0.262 e. The molecule has 3 aliphatic heterocycles. The highest BCUT2D eigenvalue weighted by molar-refractivity contribution is 5.94. The maximum Gasteiger partial charge on any atom is 0.262 e. The molecule has 0 bridgehead atoms. The standard InChI is InChI=1S/C24H25F2N3O2/c25-24(26)12-21(23(31)27-11-10-17-6-4-5-9-19(17)13-27)29(16-24)20-14-28(15-20)22(30)18-7-2-1-3-8-18/h1-9,20-21H,10-16H2/t21-/m0/s1. The summed E-state index contributed by atoms with van der Waals surface area (Å²) in [5.74, 6) is -3.21. The van der Waals surface area contributed by atoms with Crippen molar-refractivity contribution in [2.24, 2.45) is 0 Å². The second-order valence-corrected chi connectivity index (χ2v) is 8.76. The van der Waals surface area contributed by atoms with Gasteiger partial charge in [-0.25, -0.2) is 8.78 Å². The maximum absolute atomic E-state index is 14.4. The SMILES string of the molecule is O=C(c1ccccc1)N1CC(N2CC(F)(F)C[C@H]2C(=O)N2CCc3ccccc3C2)C1. The van der Waals surface area contributed by atoms with Crippen LogP contribution < -0.4 is 0 Å². The predicted molar refractivity (Wildman–Crippen MR) is 112 cm³/mol. The van der Waals surface area contributed by atoms with Crippen molar-refractivity contribution in [3.05, 3.63) is 71.3 Å². The van der Waals surface area contributed by atoms with Crippen molar-refractivity contribution in [2.45, 2.75) is 37.4 Å². The van der Waals surface area contributed by atoms with Crippen molar-refractivity contribution in [3.8, 4) is 0 Å². The van der Waals surface area contributed by atoms with Crippen LogP contribution in [0, 0.1) is 0 Å². The second kappa shape index (κ2) is 7.71. The van der Waals surface area contributed by atoms with Gasteiger partial charge in [-0.15, -0.1) is 0 Å². The molecular weight excluding hydrogens is 400 g/mol. The van der Waals surface area contributed by atoms with E-state index in [2.05, 4.69) is 6.07 Å². The van der Waals surface area contributed by atoms with Crippen LogP contribution in [0.2, 0.25) is 0 Å². The monoisotopic (exact) mass is 425 g/mol. The van der Waals surface area contributed by atoms with Gasteiger partial charge in [-0.2, -0.15) is 0 Å². The van der Waals surface area contributed by atoms with Gasteiger partial charge in [0.1, 0.15) is 0 Å². The van der Waals surface area contributed by atoms with Gasteiger partial charge in [-0.05, 0) is 29.7 Å². The average molecular weight is 425 g/mol. The van der Waals surface area contributed by atoms with Crippen LogP contribution in [-0.4, -0.2) is 70.7 Å². The molecule has 162 valence electrons. The molecule has 3 heterocycles. The molecule has 1 atom stereocenters. The first-order valence-corrected chi connectivity index (χ1v) is 10.7. The lowest BCUT2D eigenvalue weighted by atomic mass is 9.98. The van der Waals surface area contributed by atoms with E-state index in [1.54, 1.807) is 39.0 Å². The van der Waals surface area contributed by atoms with Crippen molar-refractivity contribution in [1.82, 2.24) is 14.7 Å². The molecule has 0 unspecified atom stereocenters. The summed E-state index contributed by atoms with van der Waals surface area (Å²) in [5, 5.41) is 0. The van der Waals surface area contributed by atoms with Gasteiger partial charge in [0.25, 0.3) is 11.8 Å². The molecule has 2 aromatic carbocycles. The normalized spacial score (nSPS) is 23.4. The molecule has 0 N–H and O–H groups in total. The number of fused-ring (bicyclic) bond motifs is 1. The number of halogens is 2. The van der Waals surface area contributed by atoms with Crippen LogP contribution in [-0.2, 0) is 17.8 Å². The summed E-state index contributed by atoms with van der Waals surface area (Å²) in [7, 11) is 0. The van der Waals surface area contributed by atoms with E-state index < -0.39 is 24.9 Å². The third kappa shape index (κ3) is 3.82. The first-order chi connectivity index (χ1) is 14.9. The lowest BCUT2D eigenvalue weighted by Gasteiger charge is -2.46. The summed E-state index contributed by atoms with van der Waals surface area (Å²) in [4.78, 5) is 30.9. The highest BCUT2D eigenvalue weighted by Crippen LogP contribution is 2.37. The summed E-state index contributed by atoms with van der Waals surface area (Å²) in [6, 6.07) is 15.9. The minimum Gasteiger partial charge on any atom is -0.337 e. The minimum atomic E-state index is -2.89. The first kappa shape index (κ1) is 20.1. The third-order valence-electron chi connectivity index (χ3n) is 6.67. The lowest BCUT2D eigenvalue weighted by molar-refractivity contribution is -0.138. The Balaban J connectivity index is 1.27. The van der Waals surface area contributed by atoms with E-state index in [4.69, 9.17) is 0 Å². The van der Waals surface area contributed by atoms with Gasteiger partial charge < -0.3 is 9.80 Å². The number of alkyl halides is 2. The largest absolute Gasteiger partial charge is 0.337 e. The van der Waals surface area contributed by atoms with E-state index in [0.29, 0.717) is 31.7 Å². The highest BCUT2D eigenvalue weighted by atomic mass is 19.3. The number of rotatable bonds is 3. The Bertz CT molecular complexity index is 991. The van der Waals surface area contributed by atoms with Crippen LogP contribution in [0.3, 0.4) is 0 Å². The predicted octanol–water partition coefficient (Wildman–Crippen LogP) is 2.81. The number of amides is 2. The van der Waals surface area contributed by atoms with Crippen LogP contribution in [0.1, 0.15) is 27.9 Å². The van der Waals surface area contributed by atoms with E-state index in [0.717, 1.165) is 12.0 Å². The molecular formula is C24H25F2N3O2. The summed E-state index contributed by atoms with van der Waals surface area (Å²) in [6.07, 6.45) is 0.293. The van der Waals surface area contributed by atoms with Crippen LogP contribution in [0.5, 0.6) is 0 Å². The Hall–Kier alpha value is -2.80. The molecule has 7 heteroatoms. The minimum absolute atomic E-state index is 0.0988. The van der Waals surface area contributed by atoms with Crippen molar-refractivity contribution >= 4 is 11.8 Å². The quantitative estimate of drug-likeness (QED) is 0.760. The zero-order valence-corrected chi connectivity index (χ0v) is 17.2. The summed E-state index contributed by atoms with van der Waals surface area (Å²) >= 11 is 0. The van der Waals surface area contributed by atoms with E-state index in [9.17, 15) is 18.4 Å². The molecule has 31 heavy (non-hydrogen) atoms. The molecule has 0 radical (unpaired) electrons. The summed E-state index contributed by atoms with van der Waals surface area (Å²) in [5.41, 5.74) is 2.89. The maximum atomic E-state index is 14.4. The molecule has 5 nitrogen and oxygen atoms in total. The zero-order chi connectivity index (χ0) is 21.6. The molecule has 0 saturated carbocycles. The Kier molecular flexibility index (Phi) is 5.01. The molecule has 2 amide bonds. The van der Waals surface area contributed by atoms with Crippen LogP contribution in [0.15, 0.2) is 54.6 Å². The Labute approximate surface area is 180 Å². The number of likely N-dealkylation sites (tertiary alicyclic amines) is 2. The van der Waals surface area contributed by atoms with Crippen LogP contribution in [0.25, 0.3) is 0 Å². The van der Waals surface area contributed by atoms with Crippen LogP contribution >= 0.6 is 0 Å². The Morgan fingerprint density at radius 2 is 1.58 bits per heavy atom. The number of benzene rings is 2.